The van der Waals surface area contributed by atoms with Gasteiger partial charge in [-0.3, -0.25) is 4.79 Å². The van der Waals surface area contributed by atoms with Crippen LogP contribution in [0.15, 0.2) is 24.3 Å². The minimum atomic E-state index is -0.833. The Morgan fingerprint density at radius 1 is 0.739 bits per heavy atom. The molecule has 0 aliphatic carbocycles. The van der Waals surface area contributed by atoms with Gasteiger partial charge in [-0.2, -0.15) is 0 Å². The van der Waals surface area contributed by atoms with Crippen LogP contribution in [0.4, 0.5) is 0 Å². The summed E-state index contributed by atoms with van der Waals surface area (Å²) in [5.41, 5.74) is 0. The van der Waals surface area contributed by atoms with E-state index in [9.17, 15) is 0 Å². The van der Waals surface area contributed by atoms with Crippen LogP contribution in [0, 0.1) is 0 Å². The fraction of sp³-hybridized carbons (Fsp3) is 0.750. The molecule has 0 unspecified atom stereocenters. The molecule has 0 fully saturated rings. The number of hydrogen-bond acceptors (Lipinski definition) is 2. The zero-order chi connectivity index (χ0) is 17.6. The van der Waals surface area contributed by atoms with Crippen LogP contribution in [0.1, 0.15) is 90.9 Å². The van der Waals surface area contributed by atoms with Crippen LogP contribution >= 0.6 is 0 Å². The molecule has 0 radical (unpaired) electrons. The summed E-state index contributed by atoms with van der Waals surface area (Å²) in [5.74, 6) is -0.833. The largest absolute Gasteiger partial charge is 0.481 e. The lowest BCUT2D eigenvalue weighted by Crippen LogP contribution is -1.80. The molecule has 0 aromatic carbocycles. The summed E-state index contributed by atoms with van der Waals surface area (Å²) >= 11 is 0. The molecule has 0 aromatic heterocycles. The number of unbranched alkanes of at least 4 members (excludes halogenated alkanes) is 9. The van der Waals surface area contributed by atoms with E-state index in [1.807, 2.05) is 0 Å². The van der Waals surface area contributed by atoms with E-state index in [-0.39, 0.29) is 0 Å². The van der Waals surface area contributed by atoms with Gasteiger partial charge in [0.1, 0.15) is 0 Å². The lowest BCUT2D eigenvalue weighted by molar-refractivity contribution is -0.134. The molecule has 3 heteroatoms. The van der Waals surface area contributed by atoms with E-state index in [0.717, 1.165) is 32.6 Å². The Morgan fingerprint density at radius 2 is 1.13 bits per heavy atom. The van der Waals surface area contributed by atoms with E-state index in [4.69, 9.17) is 15.0 Å². The number of aliphatic carboxylic acids is 1. The minimum absolute atomic E-state index is 0.328. The summed E-state index contributed by atoms with van der Waals surface area (Å²) in [6.07, 6.45) is 24.3. The monoisotopic (exact) mass is 326 g/mol. The minimum Gasteiger partial charge on any atom is -0.481 e. The maximum atomic E-state index is 9.00. The molecule has 3 nitrogen and oxygen atoms in total. The van der Waals surface area contributed by atoms with Gasteiger partial charge in [-0.05, 0) is 44.9 Å². The Bertz CT molecular complexity index is 279. The number of carboxylic acid groups (broad SMARTS) is 1. The van der Waals surface area contributed by atoms with Crippen molar-refractivity contribution in [2.75, 3.05) is 6.61 Å². The van der Waals surface area contributed by atoms with Crippen LogP contribution in [-0.2, 0) is 4.79 Å². The first-order valence-corrected chi connectivity index (χ1v) is 9.25. The molecule has 0 amide bonds. The first kappa shape index (κ1) is 24.2. The summed E-state index contributed by atoms with van der Waals surface area (Å²) < 4.78 is 0. The van der Waals surface area contributed by atoms with E-state index >= 15 is 0 Å². The second-order valence-electron chi connectivity index (χ2n) is 5.82. The maximum absolute atomic E-state index is 9.00. The van der Waals surface area contributed by atoms with Crippen LogP contribution < -0.4 is 0 Å². The van der Waals surface area contributed by atoms with Crippen LogP contribution in [0.2, 0.25) is 0 Å². The first-order chi connectivity index (χ1) is 11.1. The Labute approximate surface area is 143 Å². The van der Waals surface area contributed by atoms with Crippen LogP contribution in [0.3, 0.4) is 0 Å². The molecule has 0 atom stereocenters. The molecule has 136 valence electrons. The number of aliphatic hydroxyl groups is 1. The van der Waals surface area contributed by atoms with Gasteiger partial charge in [0.2, 0.25) is 0 Å². The number of hydrogen-bond donors (Lipinski definition) is 2. The lowest BCUT2D eigenvalue weighted by Gasteiger charge is -1.97. The highest BCUT2D eigenvalue weighted by Gasteiger charge is 1.88. The highest BCUT2D eigenvalue weighted by Crippen LogP contribution is 2.07. The lowest BCUT2D eigenvalue weighted by atomic mass is 10.1. The molecule has 0 spiro atoms. The standard InChI is InChI=1S/C18H34O.C2H4O2/c1-2-3-4-5-6-7-8-9-10-11-12-13-14-15-16-17-18-19;1-2(3)4/h9-10,13-14,19H,2-8,11-12,15-18H2,1H3;1H3,(H,3,4)/b10-9+,14-13+;. The SMILES string of the molecule is CC(=O)O.CCCCCCCC/C=C/CC/C=C/CCCCO. The molecule has 0 aromatic rings. The Kier molecular flexibility index (Phi) is 24.4. The van der Waals surface area contributed by atoms with E-state index in [1.165, 1.54) is 51.4 Å². The molecule has 0 saturated heterocycles. The molecule has 0 saturated carbocycles. The van der Waals surface area contributed by atoms with Gasteiger partial charge in [-0.15, -0.1) is 0 Å². The highest BCUT2D eigenvalue weighted by atomic mass is 16.4. The quantitative estimate of drug-likeness (QED) is 0.309. The van der Waals surface area contributed by atoms with Gasteiger partial charge in [0, 0.05) is 13.5 Å². The van der Waals surface area contributed by atoms with E-state index < -0.39 is 5.97 Å². The van der Waals surface area contributed by atoms with Crippen molar-refractivity contribution in [3.8, 4) is 0 Å². The van der Waals surface area contributed by atoms with Gasteiger partial charge >= 0.3 is 0 Å². The molecular weight excluding hydrogens is 288 g/mol. The average molecular weight is 327 g/mol. The Balaban J connectivity index is 0. The molecule has 23 heavy (non-hydrogen) atoms. The number of aliphatic hydroxyl groups excluding tert-OH is 1. The number of carbonyl (C=O) groups is 1. The molecule has 0 aliphatic rings. The van der Waals surface area contributed by atoms with Gasteiger partial charge in [-0.25, -0.2) is 0 Å². The third-order valence-electron chi connectivity index (χ3n) is 3.34. The molecule has 0 bridgehead atoms. The van der Waals surface area contributed by atoms with Gasteiger partial charge in [-0.1, -0.05) is 63.3 Å². The van der Waals surface area contributed by atoms with Gasteiger partial charge < -0.3 is 10.2 Å². The molecule has 0 heterocycles. The summed E-state index contributed by atoms with van der Waals surface area (Å²) in [4.78, 5) is 9.00. The predicted molar refractivity (Wildman–Crippen MR) is 99.8 cm³/mol. The maximum Gasteiger partial charge on any atom is 0.300 e. The summed E-state index contributed by atoms with van der Waals surface area (Å²) in [6, 6.07) is 0. The summed E-state index contributed by atoms with van der Waals surface area (Å²) in [7, 11) is 0. The van der Waals surface area contributed by atoms with Crippen LogP contribution in [-0.4, -0.2) is 22.8 Å². The van der Waals surface area contributed by atoms with Gasteiger partial charge in [0.05, 0.1) is 0 Å². The van der Waals surface area contributed by atoms with Crippen molar-refractivity contribution in [1.82, 2.24) is 0 Å². The third kappa shape index (κ3) is 33.6. The normalized spacial score (nSPS) is 10.9. The van der Waals surface area contributed by atoms with E-state index in [2.05, 4.69) is 31.2 Å². The van der Waals surface area contributed by atoms with Crippen molar-refractivity contribution < 1.29 is 15.0 Å². The van der Waals surface area contributed by atoms with E-state index in [1.54, 1.807) is 0 Å². The highest BCUT2D eigenvalue weighted by molar-refractivity contribution is 5.62. The second kappa shape index (κ2) is 23.2. The zero-order valence-electron chi connectivity index (χ0n) is 15.3. The fourth-order valence-electron chi connectivity index (χ4n) is 2.08. The van der Waals surface area contributed by atoms with Gasteiger partial charge in [0.15, 0.2) is 0 Å². The van der Waals surface area contributed by atoms with Crippen molar-refractivity contribution in [1.29, 1.82) is 0 Å². The number of carboxylic acids is 1. The molecule has 0 rings (SSSR count). The Hall–Kier alpha value is -1.09. The van der Waals surface area contributed by atoms with Crippen molar-refractivity contribution in [3.63, 3.8) is 0 Å². The Morgan fingerprint density at radius 3 is 1.61 bits per heavy atom. The molecule has 2 N–H and O–H groups in total. The fourth-order valence-corrected chi connectivity index (χ4v) is 2.08. The van der Waals surface area contributed by atoms with Crippen LogP contribution in [0.5, 0.6) is 0 Å². The van der Waals surface area contributed by atoms with Crippen LogP contribution in [0.25, 0.3) is 0 Å². The number of rotatable bonds is 14. The second-order valence-corrected chi connectivity index (χ2v) is 5.82. The first-order valence-electron chi connectivity index (χ1n) is 9.25. The number of allylic oxidation sites excluding steroid dienone is 4. The third-order valence-corrected chi connectivity index (χ3v) is 3.34. The predicted octanol–water partition coefficient (Wildman–Crippen LogP) is 5.88. The topological polar surface area (TPSA) is 57.5 Å². The van der Waals surface area contributed by atoms with Crippen molar-refractivity contribution in [2.24, 2.45) is 0 Å². The van der Waals surface area contributed by atoms with Gasteiger partial charge in [0.25, 0.3) is 5.97 Å². The molecular formula is C20H38O3. The van der Waals surface area contributed by atoms with E-state index in [0.29, 0.717) is 6.61 Å². The molecule has 0 aliphatic heterocycles. The average Bonchev–Trinajstić information content (AvgIpc) is 2.50. The van der Waals surface area contributed by atoms with Crippen molar-refractivity contribution in [2.45, 2.75) is 90.9 Å². The van der Waals surface area contributed by atoms with Crippen molar-refractivity contribution >= 4 is 5.97 Å². The zero-order valence-corrected chi connectivity index (χ0v) is 15.3. The summed E-state index contributed by atoms with van der Waals surface area (Å²) in [6.45, 7) is 3.68. The van der Waals surface area contributed by atoms with Crippen molar-refractivity contribution in [3.05, 3.63) is 24.3 Å². The smallest absolute Gasteiger partial charge is 0.300 e. The summed E-state index contributed by atoms with van der Waals surface area (Å²) in [5, 5.41) is 16.1.